The molecule has 288 valence electrons. The number of alkyl halides is 3. The second kappa shape index (κ2) is 14.2. The number of hydrogen-bond donors (Lipinski definition) is 0. The Bertz CT molecular complexity index is 3590. The Kier molecular flexibility index (Phi) is 8.58. The van der Waals surface area contributed by atoms with E-state index in [4.69, 9.17) is 19.7 Å². The van der Waals surface area contributed by atoms with E-state index in [0.29, 0.717) is 39.3 Å². The monoisotopic (exact) mass is 793 g/mol. The molecule has 0 aliphatic rings. The Morgan fingerprint density at radius 2 is 0.967 bits per heavy atom. The normalized spacial score (nSPS) is 11.6. The highest BCUT2D eigenvalue weighted by molar-refractivity contribution is 6.14. The van der Waals surface area contributed by atoms with E-state index >= 15 is 13.2 Å². The summed E-state index contributed by atoms with van der Waals surface area (Å²) < 4.78 is 49.2. The molecule has 0 saturated heterocycles. The zero-order chi connectivity index (χ0) is 42.0. The SMILES string of the molecule is [C-]#[N+]c1ccccc1-c1ccc2c(c1)c1ccccc1n2-c1ccc(-c2c(C)cccc2C(F)(F)F)c(-n2c3ccccc3c3cc(-c4ccccc4[N+]#[C-])ccc32)c1[N+]#[C-]. The lowest BCUT2D eigenvalue weighted by molar-refractivity contribution is -0.137. The molecule has 0 aliphatic heterocycles. The number of nitrogens with zero attached hydrogens (tertiary/aromatic N) is 5. The molecule has 0 saturated carbocycles. The van der Waals surface area contributed by atoms with Gasteiger partial charge in [-0.1, -0.05) is 115 Å². The van der Waals surface area contributed by atoms with Crippen molar-refractivity contribution in [3.8, 4) is 44.8 Å². The van der Waals surface area contributed by atoms with Gasteiger partial charge in [-0.2, -0.15) is 13.2 Å². The van der Waals surface area contributed by atoms with Crippen LogP contribution in [-0.4, -0.2) is 9.13 Å². The second-order valence-electron chi connectivity index (χ2n) is 14.9. The van der Waals surface area contributed by atoms with Gasteiger partial charge in [-0.3, -0.25) is 0 Å². The number of aromatic nitrogens is 2. The van der Waals surface area contributed by atoms with Gasteiger partial charge in [0.25, 0.3) is 0 Å². The van der Waals surface area contributed by atoms with Crippen molar-refractivity contribution in [3.63, 3.8) is 0 Å². The lowest BCUT2D eigenvalue weighted by atomic mass is 9.92. The Morgan fingerprint density at radius 3 is 1.52 bits per heavy atom. The van der Waals surface area contributed by atoms with E-state index < -0.39 is 11.7 Å². The number of rotatable bonds is 5. The van der Waals surface area contributed by atoms with Crippen LogP contribution in [0.4, 0.5) is 30.2 Å². The fraction of sp³-hybridized carbons (Fsp3) is 0.0377. The molecule has 10 rings (SSSR count). The van der Waals surface area contributed by atoms with Crippen molar-refractivity contribution in [1.29, 1.82) is 0 Å². The molecule has 0 fully saturated rings. The second-order valence-corrected chi connectivity index (χ2v) is 14.9. The molecule has 0 atom stereocenters. The highest BCUT2D eigenvalue weighted by Crippen LogP contribution is 2.49. The van der Waals surface area contributed by atoms with Crippen LogP contribution in [0.2, 0.25) is 0 Å². The van der Waals surface area contributed by atoms with E-state index in [1.165, 1.54) is 6.07 Å². The molecule has 61 heavy (non-hydrogen) atoms. The molecule has 0 spiro atoms. The zero-order valence-corrected chi connectivity index (χ0v) is 32.5. The van der Waals surface area contributed by atoms with Crippen molar-refractivity contribution in [2.24, 2.45) is 0 Å². The molecule has 0 aliphatic carbocycles. The Balaban J connectivity index is 1.33. The summed E-state index contributed by atoms with van der Waals surface area (Å²) in [5, 5.41) is 3.49. The number of halogens is 3. The van der Waals surface area contributed by atoms with E-state index in [0.717, 1.165) is 60.9 Å². The lowest BCUT2D eigenvalue weighted by Crippen LogP contribution is -2.10. The first-order valence-corrected chi connectivity index (χ1v) is 19.4. The average Bonchev–Trinajstić information content (AvgIpc) is 3.80. The number of aryl methyl sites for hydroxylation is 1. The topological polar surface area (TPSA) is 22.9 Å². The molecule has 8 heteroatoms. The molecule has 0 unspecified atom stereocenters. The maximum atomic E-state index is 15.1. The molecule has 0 radical (unpaired) electrons. The summed E-state index contributed by atoms with van der Waals surface area (Å²) in [6.07, 6.45) is -4.68. The summed E-state index contributed by atoms with van der Waals surface area (Å²) in [5.41, 5.74) is 8.20. The summed E-state index contributed by atoms with van der Waals surface area (Å²) in [6, 6.07) is 50.0. The van der Waals surface area contributed by atoms with Crippen molar-refractivity contribution < 1.29 is 13.2 Å². The first kappa shape index (κ1) is 36.9. The van der Waals surface area contributed by atoms with E-state index in [2.05, 4.69) is 20.6 Å². The third-order valence-corrected chi connectivity index (χ3v) is 11.6. The van der Waals surface area contributed by atoms with Crippen molar-refractivity contribution in [3.05, 3.63) is 209 Å². The third kappa shape index (κ3) is 5.75. The summed E-state index contributed by atoms with van der Waals surface area (Å²) >= 11 is 0. The van der Waals surface area contributed by atoms with Crippen molar-refractivity contribution in [2.45, 2.75) is 13.1 Å². The van der Waals surface area contributed by atoms with Crippen LogP contribution in [0.25, 0.3) is 103 Å². The maximum absolute atomic E-state index is 15.1. The predicted octanol–water partition coefficient (Wildman–Crippen LogP) is 15.9. The number of benzene rings is 8. The van der Waals surface area contributed by atoms with Gasteiger partial charge in [-0.05, 0) is 94.4 Å². The number of para-hydroxylation sites is 4. The Hall–Kier alpha value is -8.38. The summed E-state index contributed by atoms with van der Waals surface area (Å²) in [6.45, 7) is 26.2. The first-order valence-electron chi connectivity index (χ1n) is 19.4. The minimum absolute atomic E-state index is 0.000299. The van der Waals surface area contributed by atoms with Gasteiger partial charge in [-0.25, -0.2) is 14.5 Å². The van der Waals surface area contributed by atoms with Crippen LogP contribution in [0.15, 0.2) is 164 Å². The molecule has 5 nitrogen and oxygen atoms in total. The van der Waals surface area contributed by atoms with Crippen LogP contribution >= 0.6 is 0 Å². The van der Waals surface area contributed by atoms with Gasteiger partial charge in [0.1, 0.15) is 0 Å². The van der Waals surface area contributed by atoms with Crippen molar-refractivity contribution >= 4 is 60.7 Å². The van der Waals surface area contributed by atoms with Crippen LogP contribution in [-0.2, 0) is 6.18 Å². The van der Waals surface area contributed by atoms with E-state index in [1.807, 2.05) is 124 Å². The number of hydrogen-bond acceptors (Lipinski definition) is 0. The molecule has 0 amide bonds. The Labute approximate surface area is 348 Å². The maximum Gasteiger partial charge on any atom is 0.417 e. The van der Waals surface area contributed by atoms with Crippen LogP contribution in [0.3, 0.4) is 0 Å². The van der Waals surface area contributed by atoms with Crippen LogP contribution in [0.5, 0.6) is 0 Å². The summed E-state index contributed by atoms with van der Waals surface area (Å²) in [5.74, 6) is 0. The van der Waals surface area contributed by atoms with Gasteiger partial charge in [0.15, 0.2) is 11.4 Å². The molecule has 10 aromatic rings. The minimum Gasteiger partial charge on any atom is -0.319 e. The molecule has 0 bridgehead atoms. The third-order valence-electron chi connectivity index (χ3n) is 11.6. The van der Waals surface area contributed by atoms with Crippen LogP contribution in [0.1, 0.15) is 11.1 Å². The van der Waals surface area contributed by atoms with Gasteiger partial charge in [0.2, 0.25) is 5.69 Å². The molecule has 0 N–H and O–H groups in total. The van der Waals surface area contributed by atoms with Gasteiger partial charge >= 0.3 is 6.18 Å². The number of fused-ring (bicyclic) bond motifs is 6. The van der Waals surface area contributed by atoms with Crippen LogP contribution < -0.4 is 0 Å². The van der Waals surface area contributed by atoms with E-state index in [-0.39, 0.29) is 16.8 Å². The fourth-order valence-corrected chi connectivity index (χ4v) is 8.96. The highest BCUT2D eigenvalue weighted by Gasteiger charge is 2.36. The van der Waals surface area contributed by atoms with Crippen molar-refractivity contribution in [1.82, 2.24) is 9.13 Å². The summed E-state index contributed by atoms with van der Waals surface area (Å²) in [7, 11) is 0. The molecule has 2 aromatic heterocycles. The largest absolute Gasteiger partial charge is 0.417 e. The smallest absolute Gasteiger partial charge is 0.319 e. The molecular weight excluding hydrogens is 764 g/mol. The predicted molar refractivity (Wildman–Crippen MR) is 240 cm³/mol. The standard InChI is InChI=1S/C53H30F3N5/c1-32-14-13-19-42(53(54,55)56)50(32)39-26-29-49(60-45-22-11-7-17-37(45)40-30-33(24-27-47(40)60)35-15-5-9-20-43(35)57-2)51(59-4)52(39)61-46-23-12-8-18-38(46)41-31-34(25-28-48(41)61)36-16-6-10-21-44(36)58-3/h5-31H,1H3. The lowest BCUT2D eigenvalue weighted by Gasteiger charge is -2.23. The quantitative estimate of drug-likeness (QED) is 0.155. The summed E-state index contributed by atoms with van der Waals surface area (Å²) in [4.78, 5) is 11.8. The van der Waals surface area contributed by atoms with Gasteiger partial charge in [0, 0.05) is 21.5 Å². The molecular formula is C53H30F3N5. The van der Waals surface area contributed by atoms with Crippen LogP contribution in [0, 0.1) is 26.6 Å². The molecule has 2 heterocycles. The van der Waals surface area contributed by atoms with Crippen molar-refractivity contribution in [2.75, 3.05) is 0 Å². The Morgan fingerprint density at radius 1 is 0.459 bits per heavy atom. The van der Waals surface area contributed by atoms with E-state index in [9.17, 15) is 0 Å². The van der Waals surface area contributed by atoms with Gasteiger partial charge in [-0.15, -0.1) is 0 Å². The average molecular weight is 794 g/mol. The first-order chi connectivity index (χ1) is 29.7. The highest BCUT2D eigenvalue weighted by atomic mass is 19.4. The van der Waals surface area contributed by atoms with E-state index in [1.54, 1.807) is 37.3 Å². The minimum atomic E-state index is -4.68. The fourth-order valence-electron chi connectivity index (χ4n) is 8.96. The molecule has 8 aromatic carbocycles. The van der Waals surface area contributed by atoms with Gasteiger partial charge in [0.05, 0.1) is 58.7 Å². The van der Waals surface area contributed by atoms with Gasteiger partial charge < -0.3 is 9.13 Å². The zero-order valence-electron chi connectivity index (χ0n) is 32.5.